The zero-order valence-corrected chi connectivity index (χ0v) is 16.8. The van der Waals surface area contributed by atoms with Crippen molar-refractivity contribution in [2.75, 3.05) is 0 Å². The van der Waals surface area contributed by atoms with Crippen molar-refractivity contribution in [3.63, 3.8) is 0 Å². The second-order valence-electron chi connectivity index (χ2n) is 6.86. The number of para-hydroxylation sites is 1. The molecule has 2 aromatic carbocycles. The molecule has 0 fully saturated rings. The summed E-state index contributed by atoms with van der Waals surface area (Å²) in [7, 11) is 0. The van der Waals surface area contributed by atoms with Gasteiger partial charge >= 0.3 is 5.69 Å². The van der Waals surface area contributed by atoms with Crippen molar-refractivity contribution in [1.29, 1.82) is 0 Å². The molecule has 3 aromatic rings. The summed E-state index contributed by atoms with van der Waals surface area (Å²) in [5, 5.41) is 3.49. The van der Waals surface area contributed by atoms with Crippen LogP contribution in [0.5, 0.6) is 0 Å². The molecule has 0 radical (unpaired) electrons. The van der Waals surface area contributed by atoms with Crippen molar-refractivity contribution in [2.24, 2.45) is 0 Å². The Kier molecular flexibility index (Phi) is 5.70. The van der Waals surface area contributed by atoms with Crippen LogP contribution in [-0.2, 0) is 11.3 Å². The van der Waals surface area contributed by atoms with E-state index in [4.69, 9.17) is 11.6 Å². The number of carbonyl (C=O) groups is 1. The predicted octanol–water partition coefficient (Wildman–Crippen LogP) is 3.03. The van der Waals surface area contributed by atoms with Gasteiger partial charge in [-0.05, 0) is 44.5 Å². The SMILES string of the molecule is CC[C@@H](C)NC(=O)Cn1c(=O)n(-c2ccccc2Cl)c(=O)c2cc(C)ccc21. The van der Waals surface area contributed by atoms with Crippen molar-refractivity contribution in [3.8, 4) is 5.69 Å². The molecule has 0 aliphatic rings. The average Bonchev–Trinajstić information content (AvgIpc) is 2.66. The number of hydrogen-bond donors (Lipinski definition) is 1. The van der Waals surface area contributed by atoms with E-state index >= 15 is 0 Å². The third kappa shape index (κ3) is 3.73. The first-order valence-corrected chi connectivity index (χ1v) is 9.51. The summed E-state index contributed by atoms with van der Waals surface area (Å²) in [4.78, 5) is 38.8. The normalized spacial score (nSPS) is 12.1. The fourth-order valence-electron chi connectivity index (χ4n) is 3.05. The molecule has 3 rings (SSSR count). The van der Waals surface area contributed by atoms with Gasteiger partial charge < -0.3 is 5.32 Å². The number of fused-ring (bicyclic) bond motifs is 1. The number of hydrogen-bond acceptors (Lipinski definition) is 3. The number of amides is 1. The summed E-state index contributed by atoms with van der Waals surface area (Å²) in [5.74, 6) is -0.289. The summed E-state index contributed by atoms with van der Waals surface area (Å²) >= 11 is 6.24. The number of halogens is 1. The molecule has 1 amide bonds. The Labute approximate surface area is 167 Å². The van der Waals surface area contributed by atoms with Gasteiger partial charge in [0, 0.05) is 6.04 Å². The van der Waals surface area contributed by atoms with Gasteiger partial charge in [-0.2, -0.15) is 0 Å². The number of nitrogens with one attached hydrogen (secondary N) is 1. The Balaban J connectivity index is 2.28. The lowest BCUT2D eigenvalue weighted by atomic mass is 10.1. The molecule has 0 bridgehead atoms. The van der Waals surface area contributed by atoms with Gasteiger partial charge in [0.05, 0.1) is 21.6 Å². The summed E-state index contributed by atoms with van der Waals surface area (Å²) in [6.07, 6.45) is 0.777. The van der Waals surface area contributed by atoms with Crippen LogP contribution in [0.2, 0.25) is 5.02 Å². The summed E-state index contributed by atoms with van der Waals surface area (Å²) in [6, 6.07) is 11.9. The van der Waals surface area contributed by atoms with Gasteiger partial charge in [-0.15, -0.1) is 0 Å². The molecule has 0 aliphatic heterocycles. The third-order valence-electron chi connectivity index (χ3n) is 4.71. The maximum atomic E-state index is 13.2. The number of aromatic nitrogens is 2. The van der Waals surface area contributed by atoms with Gasteiger partial charge in [0.2, 0.25) is 5.91 Å². The number of carbonyl (C=O) groups excluding carboxylic acids is 1. The molecular weight excluding hydrogens is 378 g/mol. The molecule has 1 aromatic heterocycles. The zero-order valence-electron chi connectivity index (χ0n) is 16.0. The minimum absolute atomic E-state index is 0.00816. The van der Waals surface area contributed by atoms with Crippen molar-refractivity contribution >= 4 is 28.4 Å². The number of benzene rings is 2. The third-order valence-corrected chi connectivity index (χ3v) is 5.03. The highest BCUT2D eigenvalue weighted by atomic mass is 35.5. The predicted molar refractivity (Wildman–Crippen MR) is 111 cm³/mol. The largest absolute Gasteiger partial charge is 0.352 e. The Hall–Kier alpha value is -2.86. The molecule has 0 saturated carbocycles. The smallest absolute Gasteiger partial charge is 0.336 e. The lowest BCUT2D eigenvalue weighted by Crippen LogP contribution is -2.43. The van der Waals surface area contributed by atoms with Crippen molar-refractivity contribution in [1.82, 2.24) is 14.5 Å². The molecule has 0 aliphatic carbocycles. The van der Waals surface area contributed by atoms with E-state index in [-0.39, 0.29) is 23.5 Å². The zero-order chi connectivity index (χ0) is 20.4. The van der Waals surface area contributed by atoms with Gasteiger partial charge in [-0.3, -0.25) is 14.2 Å². The van der Waals surface area contributed by atoms with E-state index in [1.807, 2.05) is 26.8 Å². The van der Waals surface area contributed by atoms with E-state index in [0.29, 0.717) is 16.6 Å². The van der Waals surface area contributed by atoms with Gasteiger partial charge in [0.15, 0.2) is 0 Å². The van der Waals surface area contributed by atoms with Crippen molar-refractivity contribution in [2.45, 2.75) is 39.8 Å². The first-order chi connectivity index (χ1) is 13.3. The van der Waals surface area contributed by atoms with Crippen LogP contribution >= 0.6 is 11.6 Å². The maximum absolute atomic E-state index is 13.2. The molecular formula is C21H22ClN3O3. The second kappa shape index (κ2) is 8.02. The quantitative estimate of drug-likeness (QED) is 0.716. The minimum Gasteiger partial charge on any atom is -0.352 e. The summed E-state index contributed by atoms with van der Waals surface area (Å²) in [5.41, 5.74) is 0.524. The molecule has 1 atom stereocenters. The molecule has 0 unspecified atom stereocenters. The Bertz CT molecular complexity index is 1160. The van der Waals surface area contributed by atoms with Crippen molar-refractivity contribution < 1.29 is 4.79 Å². The van der Waals surface area contributed by atoms with Crippen LogP contribution in [-0.4, -0.2) is 21.1 Å². The second-order valence-corrected chi connectivity index (χ2v) is 7.27. The molecule has 7 heteroatoms. The van der Waals surface area contributed by atoms with E-state index in [1.54, 1.807) is 36.4 Å². The molecule has 146 valence electrons. The van der Waals surface area contributed by atoms with Crippen LogP contribution in [0.4, 0.5) is 0 Å². The Morgan fingerprint density at radius 3 is 2.57 bits per heavy atom. The minimum atomic E-state index is -0.603. The highest BCUT2D eigenvalue weighted by molar-refractivity contribution is 6.32. The fourth-order valence-corrected chi connectivity index (χ4v) is 3.27. The van der Waals surface area contributed by atoms with Gasteiger partial charge in [0.1, 0.15) is 6.54 Å². The van der Waals surface area contributed by atoms with Gasteiger partial charge in [0.25, 0.3) is 5.56 Å². The van der Waals surface area contributed by atoms with E-state index in [1.165, 1.54) is 4.57 Å². The topological polar surface area (TPSA) is 73.1 Å². The first-order valence-electron chi connectivity index (χ1n) is 9.14. The van der Waals surface area contributed by atoms with Gasteiger partial charge in [-0.25, -0.2) is 9.36 Å². The van der Waals surface area contributed by atoms with E-state index in [2.05, 4.69) is 5.32 Å². The number of rotatable bonds is 5. The summed E-state index contributed by atoms with van der Waals surface area (Å²) in [6.45, 7) is 5.54. The molecule has 0 saturated heterocycles. The van der Waals surface area contributed by atoms with Crippen LogP contribution < -0.4 is 16.6 Å². The monoisotopic (exact) mass is 399 g/mol. The van der Waals surface area contributed by atoms with E-state index in [9.17, 15) is 14.4 Å². The number of nitrogens with zero attached hydrogens (tertiary/aromatic N) is 2. The van der Waals surface area contributed by atoms with Crippen LogP contribution in [0.1, 0.15) is 25.8 Å². The molecule has 1 N–H and O–H groups in total. The van der Waals surface area contributed by atoms with E-state index < -0.39 is 11.2 Å². The fraction of sp³-hybridized carbons (Fsp3) is 0.286. The molecule has 0 spiro atoms. The molecule has 6 nitrogen and oxygen atoms in total. The first kappa shape index (κ1) is 19.9. The molecule has 1 heterocycles. The van der Waals surface area contributed by atoms with Crippen LogP contribution in [0.15, 0.2) is 52.1 Å². The standard InChI is InChI=1S/C21H22ClN3O3/c1-4-14(3)23-19(26)12-24-17-10-9-13(2)11-15(17)20(27)25(21(24)28)18-8-6-5-7-16(18)22/h5-11,14H,4,12H2,1-3H3,(H,23,26)/t14-/m1/s1. The highest BCUT2D eigenvalue weighted by Gasteiger charge is 2.18. The van der Waals surface area contributed by atoms with Crippen molar-refractivity contribution in [3.05, 3.63) is 73.9 Å². The van der Waals surface area contributed by atoms with E-state index in [0.717, 1.165) is 16.6 Å². The average molecular weight is 400 g/mol. The number of aryl methyl sites for hydroxylation is 1. The van der Waals surface area contributed by atoms with Crippen LogP contribution in [0.3, 0.4) is 0 Å². The maximum Gasteiger partial charge on any atom is 0.336 e. The Morgan fingerprint density at radius 1 is 1.18 bits per heavy atom. The highest BCUT2D eigenvalue weighted by Crippen LogP contribution is 2.18. The summed E-state index contributed by atoms with van der Waals surface area (Å²) < 4.78 is 2.35. The lowest BCUT2D eigenvalue weighted by molar-refractivity contribution is -0.122. The Morgan fingerprint density at radius 2 is 1.89 bits per heavy atom. The molecule has 28 heavy (non-hydrogen) atoms. The van der Waals surface area contributed by atoms with Crippen LogP contribution in [0, 0.1) is 6.92 Å². The van der Waals surface area contributed by atoms with Crippen LogP contribution in [0.25, 0.3) is 16.6 Å². The van der Waals surface area contributed by atoms with Gasteiger partial charge in [-0.1, -0.05) is 42.3 Å². The lowest BCUT2D eigenvalue weighted by Gasteiger charge is -2.16.